The molecule has 1 N–H and O–H groups in total. The second-order valence-electron chi connectivity index (χ2n) is 2.85. The Labute approximate surface area is 91.3 Å². The van der Waals surface area contributed by atoms with Gasteiger partial charge in [0.25, 0.3) is 0 Å². The van der Waals surface area contributed by atoms with Gasteiger partial charge in [-0.3, -0.25) is 0 Å². The molecule has 15 heavy (non-hydrogen) atoms. The molecule has 0 radical (unpaired) electrons. The Morgan fingerprint density at radius 1 is 1.47 bits per heavy atom. The molecular formula is C11H15O3P. The Hall–Kier alpha value is -0.890. The summed E-state index contributed by atoms with van der Waals surface area (Å²) >= 11 is 0. The van der Waals surface area contributed by atoms with E-state index in [2.05, 4.69) is 6.58 Å². The van der Waals surface area contributed by atoms with Gasteiger partial charge in [-0.25, -0.2) is 0 Å². The van der Waals surface area contributed by atoms with Crippen molar-refractivity contribution in [2.45, 2.75) is 13.3 Å². The summed E-state index contributed by atoms with van der Waals surface area (Å²) in [5, 5.41) is 0. The number of hydrogen-bond acceptors (Lipinski definition) is 3. The van der Waals surface area contributed by atoms with Gasteiger partial charge in [0.05, 0.1) is 6.61 Å². The van der Waals surface area contributed by atoms with E-state index in [0.29, 0.717) is 18.8 Å². The molecule has 0 bridgehead atoms. The summed E-state index contributed by atoms with van der Waals surface area (Å²) in [7, 11) is -1.82. The van der Waals surface area contributed by atoms with Crippen molar-refractivity contribution in [1.82, 2.24) is 0 Å². The molecule has 1 atom stereocenters. The highest BCUT2D eigenvalue weighted by molar-refractivity contribution is 7.41. The summed E-state index contributed by atoms with van der Waals surface area (Å²) in [6, 6.07) is 7.53. The van der Waals surface area contributed by atoms with E-state index in [1.54, 1.807) is 6.08 Å². The third-order valence-corrected chi connectivity index (χ3v) is 2.58. The van der Waals surface area contributed by atoms with Crippen LogP contribution in [0.4, 0.5) is 0 Å². The second kappa shape index (κ2) is 6.57. The zero-order chi connectivity index (χ0) is 11.1. The first-order chi connectivity index (χ1) is 7.27. The van der Waals surface area contributed by atoms with E-state index in [0.717, 1.165) is 5.56 Å². The lowest BCUT2D eigenvalue weighted by Crippen LogP contribution is -1.94. The molecule has 1 aromatic carbocycles. The Balaban J connectivity index is 2.70. The van der Waals surface area contributed by atoms with Gasteiger partial charge in [0.15, 0.2) is 0 Å². The molecule has 82 valence electrons. The summed E-state index contributed by atoms with van der Waals surface area (Å²) in [5.74, 6) is 0.652. The smallest absolute Gasteiger partial charge is 0.394 e. The van der Waals surface area contributed by atoms with Crippen molar-refractivity contribution in [2.75, 3.05) is 6.61 Å². The second-order valence-corrected chi connectivity index (χ2v) is 3.76. The highest BCUT2D eigenvalue weighted by atomic mass is 31.2. The van der Waals surface area contributed by atoms with Crippen molar-refractivity contribution < 1.29 is 13.9 Å². The number of hydrogen-bond donors (Lipinski definition) is 1. The Kier molecular flexibility index (Phi) is 5.33. The van der Waals surface area contributed by atoms with E-state index >= 15 is 0 Å². The zero-order valence-electron chi connectivity index (χ0n) is 8.72. The maximum atomic E-state index is 9.39. The Morgan fingerprint density at radius 3 is 2.87 bits per heavy atom. The van der Waals surface area contributed by atoms with Gasteiger partial charge in [-0.2, -0.15) is 0 Å². The van der Waals surface area contributed by atoms with Gasteiger partial charge in [0.1, 0.15) is 5.75 Å². The van der Waals surface area contributed by atoms with Gasteiger partial charge in [0, 0.05) is 0 Å². The molecule has 0 aromatic heterocycles. The molecule has 0 aliphatic heterocycles. The normalized spacial score (nSPS) is 12.1. The van der Waals surface area contributed by atoms with Crippen LogP contribution in [0.15, 0.2) is 36.9 Å². The minimum atomic E-state index is -1.82. The van der Waals surface area contributed by atoms with Gasteiger partial charge >= 0.3 is 8.60 Å². The number of benzene rings is 1. The van der Waals surface area contributed by atoms with Crippen LogP contribution in [0.5, 0.6) is 5.75 Å². The average Bonchev–Trinajstić information content (AvgIpc) is 2.21. The molecule has 0 aliphatic rings. The monoisotopic (exact) mass is 226 g/mol. The minimum Gasteiger partial charge on any atom is -0.427 e. The van der Waals surface area contributed by atoms with Gasteiger partial charge in [-0.1, -0.05) is 24.3 Å². The van der Waals surface area contributed by atoms with Crippen molar-refractivity contribution in [3.63, 3.8) is 0 Å². The van der Waals surface area contributed by atoms with Crippen LogP contribution in [0.25, 0.3) is 0 Å². The molecule has 0 spiro atoms. The molecule has 1 aromatic rings. The van der Waals surface area contributed by atoms with Crippen molar-refractivity contribution in [3.8, 4) is 5.75 Å². The topological polar surface area (TPSA) is 38.7 Å². The van der Waals surface area contributed by atoms with E-state index in [9.17, 15) is 4.89 Å². The fourth-order valence-electron chi connectivity index (χ4n) is 1.14. The lowest BCUT2D eigenvalue weighted by Gasteiger charge is -2.12. The predicted octanol–water partition coefficient (Wildman–Crippen LogP) is 3.05. The van der Waals surface area contributed by atoms with E-state index in [1.165, 1.54) is 0 Å². The third kappa shape index (κ3) is 4.00. The maximum Gasteiger partial charge on any atom is 0.394 e. The summed E-state index contributed by atoms with van der Waals surface area (Å²) in [5.41, 5.74) is 0.994. The highest BCUT2D eigenvalue weighted by Gasteiger charge is 2.10. The van der Waals surface area contributed by atoms with Crippen LogP contribution in [-0.2, 0) is 10.9 Å². The van der Waals surface area contributed by atoms with Crippen LogP contribution in [-0.4, -0.2) is 11.5 Å². The molecule has 3 nitrogen and oxygen atoms in total. The number of para-hydroxylation sites is 1. The SMILES string of the molecule is C=CCc1ccccc1OP(O)OCC. The molecule has 0 amide bonds. The lowest BCUT2D eigenvalue weighted by molar-refractivity contribution is 0.274. The fraction of sp³-hybridized carbons (Fsp3) is 0.273. The predicted molar refractivity (Wildman–Crippen MR) is 61.7 cm³/mol. The van der Waals surface area contributed by atoms with Crippen molar-refractivity contribution in [2.24, 2.45) is 0 Å². The number of rotatable bonds is 6. The van der Waals surface area contributed by atoms with E-state index in [-0.39, 0.29) is 0 Å². The van der Waals surface area contributed by atoms with Crippen LogP contribution in [0.2, 0.25) is 0 Å². The molecule has 0 heterocycles. The minimum absolute atomic E-state index is 0.436. The van der Waals surface area contributed by atoms with E-state index in [1.807, 2.05) is 31.2 Å². The molecule has 0 saturated heterocycles. The summed E-state index contributed by atoms with van der Waals surface area (Å²) < 4.78 is 10.2. The summed E-state index contributed by atoms with van der Waals surface area (Å²) in [6.45, 7) is 5.91. The first-order valence-electron chi connectivity index (χ1n) is 4.76. The standard InChI is InChI=1S/C11H15O3P/c1-3-7-10-8-5-6-9-11(10)14-15(12)13-4-2/h3,5-6,8-9,12H,1,4,7H2,2H3. The fourth-order valence-corrected chi connectivity index (χ4v) is 1.76. The first kappa shape index (κ1) is 12.2. The molecule has 1 unspecified atom stereocenters. The molecular weight excluding hydrogens is 211 g/mol. The maximum absolute atomic E-state index is 9.39. The quantitative estimate of drug-likeness (QED) is 0.598. The van der Waals surface area contributed by atoms with Crippen LogP contribution in [0, 0.1) is 0 Å². The van der Waals surface area contributed by atoms with E-state index < -0.39 is 8.60 Å². The van der Waals surface area contributed by atoms with Crippen LogP contribution in [0.3, 0.4) is 0 Å². The molecule has 0 aliphatic carbocycles. The van der Waals surface area contributed by atoms with Gasteiger partial charge < -0.3 is 13.9 Å². The van der Waals surface area contributed by atoms with Gasteiger partial charge in [-0.05, 0) is 25.0 Å². The summed E-state index contributed by atoms with van der Waals surface area (Å²) in [6.07, 6.45) is 2.51. The molecule has 0 fully saturated rings. The highest BCUT2D eigenvalue weighted by Crippen LogP contribution is 2.36. The summed E-state index contributed by atoms with van der Waals surface area (Å²) in [4.78, 5) is 9.39. The van der Waals surface area contributed by atoms with Crippen molar-refractivity contribution in [1.29, 1.82) is 0 Å². The van der Waals surface area contributed by atoms with Crippen LogP contribution in [0.1, 0.15) is 12.5 Å². The van der Waals surface area contributed by atoms with E-state index in [4.69, 9.17) is 9.05 Å². The lowest BCUT2D eigenvalue weighted by atomic mass is 10.1. The Morgan fingerprint density at radius 2 is 2.20 bits per heavy atom. The molecule has 1 rings (SSSR count). The zero-order valence-corrected chi connectivity index (χ0v) is 9.61. The van der Waals surface area contributed by atoms with Crippen LogP contribution >= 0.6 is 8.60 Å². The van der Waals surface area contributed by atoms with Gasteiger partial charge in [-0.15, -0.1) is 6.58 Å². The Bertz CT molecular complexity index is 314. The molecule has 4 heteroatoms. The van der Waals surface area contributed by atoms with Crippen molar-refractivity contribution in [3.05, 3.63) is 42.5 Å². The first-order valence-corrected chi connectivity index (χ1v) is 5.89. The average molecular weight is 226 g/mol. The van der Waals surface area contributed by atoms with Gasteiger partial charge in [0.2, 0.25) is 0 Å². The molecule has 0 saturated carbocycles. The number of allylic oxidation sites excluding steroid dienone is 1. The third-order valence-electron chi connectivity index (χ3n) is 1.75. The van der Waals surface area contributed by atoms with Crippen molar-refractivity contribution >= 4 is 8.60 Å². The largest absolute Gasteiger partial charge is 0.427 e. The van der Waals surface area contributed by atoms with Crippen LogP contribution < -0.4 is 4.52 Å².